The summed E-state index contributed by atoms with van der Waals surface area (Å²) in [5.74, 6) is -1.52. The van der Waals surface area contributed by atoms with Gasteiger partial charge in [0.1, 0.15) is 18.3 Å². The lowest BCUT2D eigenvalue weighted by molar-refractivity contribution is -0.279. The van der Waals surface area contributed by atoms with Gasteiger partial charge in [-0.2, -0.15) is 0 Å². The van der Waals surface area contributed by atoms with Gasteiger partial charge in [0.05, 0.1) is 0 Å². The Kier molecular flexibility index (Phi) is 2.84. The van der Waals surface area contributed by atoms with E-state index in [0.29, 0.717) is 0 Å². The molecule has 13 heavy (non-hydrogen) atoms. The van der Waals surface area contributed by atoms with Gasteiger partial charge in [0.2, 0.25) is 0 Å². The molecule has 0 aromatic rings. The molecule has 0 unspecified atom stereocenters. The Bertz CT molecular complexity index is 205. The SMILES string of the molecule is O=C(O)[C@@H]1O[C@@H](O)[C@@H](O)[C@H](O)[C@@H]1O. The molecule has 0 aromatic carbocycles. The topological polar surface area (TPSA) is 127 Å². The van der Waals surface area contributed by atoms with Crippen molar-refractivity contribution in [2.24, 2.45) is 0 Å². The molecule has 0 aliphatic carbocycles. The van der Waals surface area contributed by atoms with Gasteiger partial charge in [-0.1, -0.05) is 0 Å². The van der Waals surface area contributed by atoms with Gasteiger partial charge < -0.3 is 30.3 Å². The fourth-order valence-corrected chi connectivity index (χ4v) is 1.07. The predicted octanol–water partition coefficient (Wildman–Crippen LogP) is -3.13. The normalized spacial score (nSPS) is 46.0. The van der Waals surface area contributed by atoms with Crippen molar-refractivity contribution in [2.75, 3.05) is 0 Å². The van der Waals surface area contributed by atoms with Crippen molar-refractivity contribution in [1.29, 1.82) is 0 Å². The third kappa shape index (κ3) is 1.79. The third-order valence-corrected chi connectivity index (χ3v) is 1.83. The largest absolute Gasteiger partial charge is 0.479 e. The zero-order valence-electron chi connectivity index (χ0n) is 6.44. The second-order valence-corrected chi connectivity index (χ2v) is 2.76. The van der Waals surface area contributed by atoms with Gasteiger partial charge >= 0.3 is 5.97 Å². The number of ether oxygens (including phenoxy) is 1. The van der Waals surface area contributed by atoms with Crippen LogP contribution in [0.4, 0.5) is 0 Å². The van der Waals surface area contributed by atoms with Gasteiger partial charge in [-0.15, -0.1) is 0 Å². The minimum Gasteiger partial charge on any atom is -0.479 e. The highest BCUT2D eigenvalue weighted by molar-refractivity contribution is 5.73. The number of aliphatic hydroxyl groups excluding tert-OH is 4. The molecule has 0 radical (unpaired) electrons. The molecule has 1 fully saturated rings. The molecule has 1 aliphatic rings. The summed E-state index contributed by atoms with van der Waals surface area (Å²) in [5.41, 5.74) is 0. The van der Waals surface area contributed by atoms with E-state index in [1.807, 2.05) is 0 Å². The highest BCUT2D eigenvalue weighted by Gasteiger charge is 2.46. The maximum Gasteiger partial charge on any atom is 0.335 e. The smallest absolute Gasteiger partial charge is 0.335 e. The van der Waals surface area contributed by atoms with Crippen LogP contribution in [0.15, 0.2) is 0 Å². The average Bonchev–Trinajstić information content (AvgIpc) is 2.07. The van der Waals surface area contributed by atoms with Crippen molar-refractivity contribution in [2.45, 2.75) is 30.7 Å². The summed E-state index contributed by atoms with van der Waals surface area (Å²) in [6, 6.07) is 0. The standard InChI is InChI=1S/C6H10O7/c7-1-2(8)4(5(10)11)13-6(12)3(1)9/h1-4,6-9,12H,(H,10,11)/t1-,2+,3+,4-,6-/m1/s1. The Labute approximate surface area is 72.8 Å². The van der Waals surface area contributed by atoms with Crippen LogP contribution >= 0.6 is 0 Å². The van der Waals surface area contributed by atoms with Crippen LogP contribution in [-0.2, 0) is 9.53 Å². The molecule has 0 amide bonds. The summed E-state index contributed by atoms with van der Waals surface area (Å²) < 4.78 is 4.34. The number of aliphatic carboxylic acids is 1. The first-order chi connectivity index (χ1) is 5.95. The maximum absolute atomic E-state index is 10.4. The number of carbonyl (C=O) groups is 1. The van der Waals surface area contributed by atoms with Gasteiger partial charge in [-0.05, 0) is 0 Å². The predicted molar refractivity (Wildman–Crippen MR) is 36.5 cm³/mol. The first-order valence-corrected chi connectivity index (χ1v) is 3.55. The molecule has 5 N–H and O–H groups in total. The molecular weight excluding hydrogens is 184 g/mol. The van der Waals surface area contributed by atoms with Gasteiger partial charge in [-0.25, -0.2) is 4.79 Å². The van der Waals surface area contributed by atoms with Crippen LogP contribution in [0.1, 0.15) is 0 Å². The van der Waals surface area contributed by atoms with Crippen molar-refractivity contribution in [1.82, 2.24) is 0 Å². The number of carboxylic acids is 1. The molecule has 76 valence electrons. The molecule has 5 atom stereocenters. The third-order valence-electron chi connectivity index (χ3n) is 1.83. The number of hydrogen-bond acceptors (Lipinski definition) is 6. The molecule has 7 heteroatoms. The van der Waals surface area contributed by atoms with E-state index in [1.54, 1.807) is 0 Å². The van der Waals surface area contributed by atoms with Crippen LogP contribution in [0, 0.1) is 0 Å². The Morgan fingerprint density at radius 2 is 1.54 bits per heavy atom. The summed E-state index contributed by atoms with van der Waals surface area (Å²) in [4.78, 5) is 10.4. The van der Waals surface area contributed by atoms with Crippen LogP contribution in [-0.4, -0.2) is 62.2 Å². The molecular formula is C6H10O7. The maximum atomic E-state index is 10.4. The molecule has 1 saturated heterocycles. The van der Waals surface area contributed by atoms with Crippen LogP contribution in [0.5, 0.6) is 0 Å². The Balaban J connectivity index is 2.76. The van der Waals surface area contributed by atoms with E-state index in [2.05, 4.69) is 4.74 Å². The summed E-state index contributed by atoms with van der Waals surface area (Å²) in [6.45, 7) is 0. The lowest BCUT2D eigenvalue weighted by Gasteiger charge is -2.36. The first kappa shape index (κ1) is 10.4. The Hall–Kier alpha value is -0.730. The Morgan fingerprint density at radius 3 is 2.00 bits per heavy atom. The van der Waals surface area contributed by atoms with Crippen LogP contribution in [0.3, 0.4) is 0 Å². The fourth-order valence-electron chi connectivity index (χ4n) is 1.07. The molecule has 1 heterocycles. The van der Waals surface area contributed by atoms with Crippen molar-refractivity contribution in [3.8, 4) is 0 Å². The number of hydrogen-bond donors (Lipinski definition) is 5. The summed E-state index contributed by atoms with van der Waals surface area (Å²) >= 11 is 0. The quantitative estimate of drug-likeness (QED) is 0.298. The molecule has 0 saturated carbocycles. The summed E-state index contributed by atoms with van der Waals surface area (Å²) in [6.07, 6.45) is -8.72. The van der Waals surface area contributed by atoms with E-state index in [9.17, 15) is 4.79 Å². The van der Waals surface area contributed by atoms with Crippen LogP contribution in [0.2, 0.25) is 0 Å². The summed E-state index contributed by atoms with van der Waals surface area (Å²) in [5, 5.41) is 44.4. The minimum atomic E-state index is -1.81. The van der Waals surface area contributed by atoms with E-state index in [4.69, 9.17) is 25.5 Å². The second-order valence-electron chi connectivity index (χ2n) is 2.76. The van der Waals surface area contributed by atoms with E-state index in [0.717, 1.165) is 0 Å². The molecule has 0 spiro atoms. The van der Waals surface area contributed by atoms with Crippen molar-refractivity contribution in [3.63, 3.8) is 0 Å². The first-order valence-electron chi connectivity index (χ1n) is 3.55. The zero-order valence-corrected chi connectivity index (χ0v) is 6.44. The zero-order chi connectivity index (χ0) is 10.2. The minimum absolute atomic E-state index is 1.52. The summed E-state index contributed by atoms with van der Waals surface area (Å²) in [7, 11) is 0. The van der Waals surface area contributed by atoms with Crippen LogP contribution < -0.4 is 0 Å². The molecule has 1 rings (SSSR count). The monoisotopic (exact) mass is 194 g/mol. The van der Waals surface area contributed by atoms with E-state index < -0.39 is 36.7 Å². The second kappa shape index (κ2) is 3.56. The number of carboxylic acid groups (broad SMARTS) is 1. The number of aliphatic hydroxyl groups is 4. The van der Waals surface area contributed by atoms with Crippen LogP contribution in [0.25, 0.3) is 0 Å². The fraction of sp³-hybridized carbons (Fsp3) is 0.833. The van der Waals surface area contributed by atoms with E-state index >= 15 is 0 Å². The van der Waals surface area contributed by atoms with Crippen molar-refractivity contribution >= 4 is 5.97 Å². The molecule has 0 bridgehead atoms. The average molecular weight is 194 g/mol. The highest BCUT2D eigenvalue weighted by Crippen LogP contribution is 2.19. The highest BCUT2D eigenvalue weighted by atomic mass is 16.6. The van der Waals surface area contributed by atoms with Gasteiger partial charge in [0, 0.05) is 0 Å². The van der Waals surface area contributed by atoms with E-state index in [-0.39, 0.29) is 0 Å². The van der Waals surface area contributed by atoms with Gasteiger partial charge in [-0.3, -0.25) is 0 Å². The van der Waals surface area contributed by atoms with Crippen molar-refractivity contribution in [3.05, 3.63) is 0 Å². The molecule has 0 aromatic heterocycles. The lowest BCUT2D eigenvalue weighted by Crippen LogP contribution is -2.59. The lowest BCUT2D eigenvalue weighted by atomic mass is 9.99. The number of rotatable bonds is 1. The van der Waals surface area contributed by atoms with Gasteiger partial charge in [0.25, 0.3) is 0 Å². The van der Waals surface area contributed by atoms with E-state index in [1.165, 1.54) is 0 Å². The van der Waals surface area contributed by atoms with Gasteiger partial charge in [0.15, 0.2) is 12.4 Å². The molecule has 7 nitrogen and oxygen atoms in total. The Morgan fingerprint density at radius 1 is 1.00 bits per heavy atom. The van der Waals surface area contributed by atoms with Crippen molar-refractivity contribution < 1.29 is 35.1 Å². The molecule has 1 aliphatic heterocycles.